The molecule has 24 heavy (non-hydrogen) atoms. The largest absolute Gasteiger partial charge is 0.350 e. The Kier molecular flexibility index (Phi) is 3.75. The number of carbonyl (C=O) groups is 1. The summed E-state index contributed by atoms with van der Waals surface area (Å²) < 4.78 is 3.08. The van der Waals surface area contributed by atoms with Crippen LogP contribution in [-0.4, -0.2) is 38.2 Å². The predicted molar refractivity (Wildman–Crippen MR) is 90.1 cm³/mol. The molecule has 1 atom stereocenters. The van der Waals surface area contributed by atoms with E-state index in [2.05, 4.69) is 5.10 Å². The van der Waals surface area contributed by atoms with E-state index in [0.29, 0.717) is 6.54 Å². The van der Waals surface area contributed by atoms with Crippen LogP contribution in [-0.2, 0) is 11.8 Å². The Hall–Kier alpha value is -2.37. The highest BCUT2D eigenvalue weighted by Crippen LogP contribution is 2.34. The van der Waals surface area contributed by atoms with E-state index in [9.17, 15) is 9.59 Å². The lowest BCUT2D eigenvalue weighted by atomic mass is 9.96. The molecule has 0 N–H and O–H groups in total. The molecule has 6 heteroatoms. The van der Waals surface area contributed by atoms with Crippen LogP contribution in [0, 0.1) is 5.92 Å². The van der Waals surface area contributed by atoms with Crippen molar-refractivity contribution in [1.82, 2.24) is 19.2 Å². The summed E-state index contributed by atoms with van der Waals surface area (Å²) in [7, 11) is 1.68. The van der Waals surface area contributed by atoms with Gasteiger partial charge in [0.1, 0.15) is 5.82 Å². The van der Waals surface area contributed by atoms with E-state index in [1.54, 1.807) is 11.6 Å². The van der Waals surface area contributed by atoms with Crippen molar-refractivity contribution in [2.75, 3.05) is 13.1 Å². The van der Waals surface area contributed by atoms with Crippen LogP contribution in [0.4, 0.5) is 0 Å². The van der Waals surface area contributed by atoms with Crippen LogP contribution in [0.1, 0.15) is 37.4 Å². The van der Waals surface area contributed by atoms with E-state index in [4.69, 9.17) is 0 Å². The van der Waals surface area contributed by atoms with Crippen LogP contribution in [0.3, 0.4) is 0 Å². The zero-order valence-corrected chi connectivity index (χ0v) is 13.9. The Morgan fingerprint density at radius 1 is 1.17 bits per heavy atom. The maximum atomic E-state index is 12.5. The van der Waals surface area contributed by atoms with Crippen LogP contribution < -0.4 is 5.69 Å². The molecule has 2 heterocycles. The lowest BCUT2D eigenvalue weighted by Crippen LogP contribution is -2.40. The molecule has 0 spiro atoms. The number of aryl methyl sites for hydroxylation is 1. The van der Waals surface area contributed by atoms with Gasteiger partial charge in [0.2, 0.25) is 5.91 Å². The van der Waals surface area contributed by atoms with Gasteiger partial charge in [0.15, 0.2) is 0 Å². The van der Waals surface area contributed by atoms with Gasteiger partial charge in [-0.2, -0.15) is 5.10 Å². The molecule has 2 aromatic rings. The van der Waals surface area contributed by atoms with E-state index in [1.807, 2.05) is 35.2 Å². The fourth-order valence-electron chi connectivity index (χ4n) is 3.54. The highest BCUT2D eigenvalue weighted by atomic mass is 16.2. The van der Waals surface area contributed by atoms with Crippen LogP contribution in [0.5, 0.6) is 0 Å². The first-order chi connectivity index (χ1) is 11.6. The molecule has 2 aliphatic rings. The third-order valence-electron chi connectivity index (χ3n) is 4.99. The lowest BCUT2D eigenvalue weighted by Gasteiger charge is -2.32. The molecule has 0 bridgehead atoms. The summed E-state index contributed by atoms with van der Waals surface area (Å²) in [5, 5.41) is 4.49. The summed E-state index contributed by atoms with van der Waals surface area (Å²) >= 11 is 0. The van der Waals surface area contributed by atoms with Crippen molar-refractivity contribution in [2.24, 2.45) is 13.0 Å². The number of piperidine rings is 1. The van der Waals surface area contributed by atoms with Crippen LogP contribution >= 0.6 is 0 Å². The number of carbonyl (C=O) groups excluding carboxylic acids is 1. The highest BCUT2D eigenvalue weighted by Gasteiger charge is 2.36. The summed E-state index contributed by atoms with van der Waals surface area (Å²) in [5.41, 5.74) is 0.693. The van der Waals surface area contributed by atoms with Crippen LogP contribution in [0.15, 0.2) is 35.1 Å². The number of hydrogen-bond donors (Lipinski definition) is 0. The van der Waals surface area contributed by atoms with Crippen molar-refractivity contribution in [3.05, 3.63) is 46.6 Å². The molecule has 6 nitrogen and oxygen atoms in total. The first kappa shape index (κ1) is 15.2. The molecule has 126 valence electrons. The second kappa shape index (κ2) is 5.92. The number of aromatic nitrogens is 3. The number of amides is 1. The zero-order chi connectivity index (χ0) is 16.7. The summed E-state index contributed by atoms with van der Waals surface area (Å²) in [5.74, 6) is 1.39. The van der Waals surface area contributed by atoms with Crippen molar-refractivity contribution in [3.8, 4) is 5.69 Å². The molecule has 1 amide bonds. The molecule has 1 aromatic carbocycles. The van der Waals surface area contributed by atoms with Gasteiger partial charge in [0.25, 0.3) is 0 Å². The fourth-order valence-corrected chi connectivity index (χ4v) is 3.54. The standard InChI is InChI=1S/C18H22N4O2/c1-20-18(24)22(15-7-3-2-4-8-15)16(19-20)14-6-5-11-21(12-14)17(23)13-9-10-13/h2-4,7-8,13-14H,5-6,9-12H2,1H3/t14-/m1/s1. The Morgan fingerprint density at radius 3 is 2.62 bits per heavy atom. The summed E-state index contributed by atoms with van der Waals surface area (Å²) in [6.45, 7) is 1.49. The zero-order valence-electron chi connectivity index (χ0n) is 13.9. The Morgan fingerprint density at radius 2 is 1.92 bits per heavy atom. The minimum absolute atomic E-state index is 0.107. The molecule has 1 aliphatic carbocycles. The topological polar surface area (TPSA) is 60.1 Å². The second-order valence-electron chi connectivity index (χ2n) is 6.83. The minimum Gasteiger partial charge on any atom is -0.342 e. The van der Waals surface area contributed by atoms with Crippen molar-refractivity contribution in [2.45, 2.75) is 31.6 Å². The number of hydrogen-bond acceptors (Lipinski definition) is 3. The van der Waals surface area contributed by atoms with Crippen molar-refractivity contribution in [3.63, 3.8) is 0 Å². The maximum absolute atomic E-state index is 12.5. The number of benzene rings is 1. The normalized spacial score (nSPS) is 21.0. The predicted octanol–water partition coefficient (Wildman–Crippen LogP) is 1.69. The summed E-state index contributed by atoms with van der Waals surface area (Å²) in [6, 6.07) is 9.61. The van der Waals surface area contributed by atoms with Crippen molar-refractivity contribution in [1.29, 1.82) is 0 Å². The summed E-state index contributed by atoms with van der Waals surface area (Å²) in [4.78, 5) is 26.9. The molecule has 1 saturated heterocycles. The summed E-state index contributed by atoms with van der Waals surface area (Å²) in [6.07, 6.45) is 3.97. The Balaban J connectivity index is 1.67. The van der Waals surface area contributed by atoms with Gasteiger partial charge >= 0.3 is 5.69 Å². The Labute approximate surface area is 140 Å². The highest BCUT2D eigenvalue weighted by molar-refractivity contribution is 5.81. The van der Waals surface area contributed by atoms with Crippen molar-refractivity contribution >= 4 is 5.91 Å². The lowest BCUT2D eigenvalue weighted by molar-refractivity contribution is -0.133. The molecule has 4 rings (SSSR count). The third kappa shape index (κ3) is 2.66. The minimum atomic E-state index is -0.137. The number of likely N-dealkylation sites (tertiary alicyclic amines) is 1. The van der Waals surface area contributed by atoms with E-state index in [1.165, 1.54) is 4.68 Å². The van der Waals surface area contributed by atoms with E-state index >= 15 is 0 Å². The molecule has 0 radical (unpaired) electrons. The van der Waals surface area contributed by atoms with Gasteiger partial charge in [0.05, 0.1) is 5.69 Å². The van der Waals surface area contributed by atoms with Crippen molar-refractivity contribution < 1.29 is 4.79 Å². The quantitative estimate of drug-likeness (QED) is 0.862. The van der Waals surface area contributed by atoms with E-state index in [-0.39, 0.29) is 23.4 Å². The smallest absolute Gasteiger partial charge is 0.342 e. The third-order valence-corrected chi connectivity index (χ3v) is 4.99. The average Bonchev–Trinajstić information content (AvgIpc) is 3.42. The number of nitrogens with zero attached hydrogens (tertiary/aromatic N) is 4. The van der Waals surface area contributed by atoms with E-state index in [0.717, 1.165) is 43.7 Å². The first-order valence-corrected chi connectivity index (χ1v) is 8.65. The van der Waals surface area contributed by atoms with Gasteiger partial charge in [-0.25, -0.2) is 14.0 Å². The molecule has 1 aliphatic heterocycles. The number of rotatable bonds is 3. The van der Waals surface area contributed by atoms with Gasteiger partial charge < -0.3 is 4.90 Å². The SMILES string of the molecule is Cn1nc([C@@H]2CCCN(C(=O)C3CC3)C2)n(-c2ccccc2)c1=O. The van der Waals surface area contributed by atoms with Gasteiger partial charge in [-0.3, -0.25) is 4.79 Å². The van der Waals surface area contributed by atoms with Gasteiger partial charge in [0, 0.05) is 32.0 Å². The van der Waals surface area contributed by atoms with Gasteiger partial charge in [-0.15, -0.1) is 0 Å². The molecule has 1 aromatic heterocycles. The molecule has 2 fully saturated rings. The fraction of sp³-hybridized carbons (Fsp3) is 0.500. The van der Waals surface area contributed by atoms with Crippen LogP contribution in [0.2, 0.25) is 0 Å². The average molecular weight is 326 g/mol. The number of para-hydroxylation sites is 1. The Bertz CT molecular complexity index is 804. The molecule has 0 unspecified atom stereocenters. The van der Waals surface area contributed by atoms with Gasteiger partial charge in [-0.1, -0.05) is 18.2 Å². The monoisotopic (exact) mass is 326 g/mol. The second-order valence-corrected chi connectivity index (χ2v) is 6.83. The maximum Gasteiger partial charge on any atom is 0.350 e. The van der Waals surface area contributed by atoms with Gasteiger partial charge in [-0.05, 0) is 37.8 Å². The molecular formula is C18H22N4O2. The first-order valence-electron chi connectivity index (χ1n) is 8.65. The molecular weight excluding hydrogens is 304 g/mol. The van der Waals surface area contributed by atoms with E-state index < -0.39 is 0 Å². The molecule has 1 saturated carbocycles. The van der Waals surface area contributed by atoms with Crippen LogP contribution in [0.25, 0.3) is 5.69 Å².